The van der Waals surface area contributed by atoms with Crippen LogP contribution in [0.25, 0.3) is 0 Å². The number of hydrogen-bond donors (Lipinski definition) is 0. The molecule has 0 bridgehead atoms. The van der Waals surface area contributed by atoms with Crippen LogP contribution >= 0.6 is 11.6 Å². The van der Waals surface area contributed by atoms with Crippen LogP contribution in [0.3, 0.4) is 0 Å². The van der Waals surface area contributed by atoms with Crippen LogP contribution in [0.1, 0.15) is 18.5 Å². The van der Waals surface area contributed by atoms with Crippen LogP contribution in [-0.2, 0) is 10.0 Å². The van der Waals surface area contributed by atoms with Gasteiger partial charge in [0, 0.05) is 23.8 Å². The Labute approximate surface area is 147 Å². The van der Waals surface area contributed by atoms with Crippen molar-refractivity contribution in [1.82, 2.24) is 9.29 Å². The summed E-state index contributed by atoms with van der Waals surface area (Å²) in [4.78, 5) is 4.44. The van der Waals surface area contributed by atoms with Crippen LogP contribution in [0.4, 0.5) is 0 Å². The van der Waals surface area contributed by atoms with Crippen molar-refractivity contribution >= 4 is 21.6 Å². The molecule has 0 radical (unpaired) electrons. The van der Waals surface area contributed by atoms with E-state index < -0.39 is 10.0 Å². The van der Waals surface area contributed by atoms with E-state index in [1.165, 1.54) is 10.4 Å². The minimum Gasteiger partial charge on any atom is -0.489 e. The fraction of sp³-hybridized carbons (Fsp3) is 0.353. The second-order valence-electron chi connectivity index (χ2n) is 5.81. The average molecular weight is 367 g/mol. The molecule has 1 aromatic heterocycles. The van der Waals surface area contributed by atoms with Crippen LogP contribution in [0.15, 0.2) is 47.5 Å². The maximum Gasteiger partial charge on any atom is 0.243 e. The molecule has 0 atom stereocenters. The quantitative estimate of drug-likeness (QED) is 0.833. The number of hydrogen-bond acceptors (Lipinski definition) is 4. The van der Waals surface area contributed by atoms with Gasteiger partial charge in [-0.1, -0.05) is 17.7 Å². The monoisotopic (exact) mass is 366 g/mol. The molecule has 0 amide bonds. The summed E-state index contributed by atoms with van der Waals surface area (Å²) in [7, 11) is -3.51. The summed E-state index contributed by atoms with van der Waals surface area (Å²) >= 11 is 5.91. The van der Waals surface area contributed by atoms with Crippen molar-refractivity contribution in [2.75, 3.05) is 13.1 Å². The van der Waals surface area contributed by atoms with Gasteiger partial charge in [-0.2, -0.15) is 4.31 Å². The predicted molar refractivity (Wildman–Crippen MR) is 92.8 cm³/mol. The van der Waals surface area contributed by atoms with Gasteiger partial charge in [0.15, 0.2) is 0 Å². The molecule has 0 unspecified atom stereocenters. The molecule has 2 aromatic rings. The molecule has 1 aliphatic heterocycles. The molecule has 1 fully saturated rings. The summed E-state index contributed by atoms with van der Waals surface area (Å²) in [6, 6.07) is 10.1. The molecule has 0 saturated carbocycles. The molecule has 5 nitrogen and oxygen atoms in total. The molecule has 1 aliphatic rings. The summed E-state index contributed by atoms with van der Waals surface area (Å²) in [5.41, 5.74) is 0.935. The van der Waals surface area contributed by atoms with E-state index in [1.54, 1.807) is 24.4 Å². The van der Waals surface area contributed by atoms with Crippen molar-refractivity contribution in [1.29, 1.82) is 0 Å². The van der Waals surface area contributed by atoms with E-state index in [1.807, 2.05) is 19.1 Å². The van der Waals surface area contributed by atoms with Gasteiger partial charge >= 0.3 is 0 Å². The van der Waals surface area contributed by atoms with E-state index in [2.05, 4.69) is 4.98 Å². The Morgan fingerprint density at radius 3 is 2.58 bits per heavy atom. The highest BCUT2D eigenvalue weighted by Crippen LogP contribution is 2.25. The lowest BCUT2D eigenvalue weighted by Gasteiger charge is -2.31. The van der Waals surface area contributed by atoms with E-state index in [-0.39, 0.29) is 11.0 Å². The zero-order chi connectivity index (χ0) is 17.2. The predicted octanol–water partition coefficient (Wildman–Crippen LogP) is 3.28. The van der Waals surface area contributed by atoms with Gasteiger partial charge in [-0.05, 0) is 50.1 Å². The number of benzene rings is 1. The third-order valence-electron chi connectivity index (χ3n) is 4.02. The smallest absolute Gasteiger partial charge is 0.243 e. The summed E-state index contributed by atoms with van der Waals surface area (Å²) in [6.45, 7) is 2.78. The van der Waals surface area contributed by atoms with Gasteiger partial charge < -0.3 is 4.74 Å². The standard InChI is InChI=1S/C17H19ClN2O3S/c1-13-5-6-16(12-19-13)23-15-7-9-20(10-8-15)24(21,22)17-4-2-3-14(18)11-17/h2-6,11-12,15H,7-10H2,1H3. The number of piperidine rings is 1. The van der Waals surface area contributed by atoms with E-state index in [0.717, 1.165) is 11.4 Å². The Balaban J connectivity index is 1.63. The number of rotatable bonds is 4. The minimum absolute atomic E-state index is 0.000294. The third kappa shape index (κ3) is 3.88. The molecule has 24 heavy (non-hydrogen) atoms. The highest BCUT2D eigenvalue weighted by atomic mass is 35.5. The van der Waals surface area contributed by atoms with Gasteiger partial charge in [-0.3, -0.25) is 4.98 Å². The average Bonchev–Trinajstić information content (AvgIpc) is 2.57. The Bertz CT molecular complexity index is 801. The summed E-state index contributed by atoms with van der Waals surface area (Å²) < 4.78 is 32.7. The second-order valence-corrected chi connectivity index (χ2v) is 8.19. The molecular formula is C17H19ClN2O3S. The van der Waals surface area contributed by atoms with Crippen molar-refractivity contribution in [3.8, 4) is 5.75 Å². The topological polar surface area (TPSA) is 59.5 Å². The molecule has 0 spiro atoms. The van der Waals surface area contributed by atoms with Crippen molar-refractivity contribution in [2.24, 2.45) is 0 Å². The fourth-order valence-electron chi connectivity index (χ4n) is 2.68. The fourth-order valence-corrected chi connectivity index (χ4v) is 4.45. The van der Waals surface area contributed by atoms with Gasteiger partial charge in [0.1, 0.15) is 11.9 Å². The van der Waals surface area contributed by atoms with E-state index in [4.69, 9.17) is 16.3 Å². The van der Waals surface area contributed by atoms with Gasteiger partial charge in [0.2, 0.25) is 10.0 Å². The first-order valence-electron chi connectivity index (χ1n) is 7.80. The molecule has 3 rings (SSSR count). The lowest BCUT2D eigenvalue weighted by molar-refractivity contribution is 0.134. The Morgan fingerprint density at radius 2 is 1.96 bits per heavy atom. The molecule has 2 heterocycles. The maximum absolute atomic E-state index is 12.7. The number of halogens is 1. The molecule has 7 heteroatoms. The van der Waals surface area contributed by atoms with E-state index in [0.29, 0.717) is 31.0 Å². The highest BCUT2D eigenvalue weighted by molar-refractivity contribution is 7.89. The number of aryl methyl sites for hydroxylation is 1. The lowest BCUT2D eigenvalue weighted by Crippen LogP contribution is -2.41. The normalized spacial score (nSPS) is 16.9. The molecular weight excluding hydrogens is 348 g/mol. The zero-order valence-electron chi connectivity index (χ0n) is 13.4. The summed E-state index contributed by atoms with van der Waals surface area (Å²) in [5.74, 6) is 0.719. The van der Waals surface area contributed by atoms with Crippen molar-refractivity contribution in [3.05, 3.63) is 53.3 Å². The molecule has 0 aliphatic carbocycles. The number of nitrogens with zero attached hydrogens (tertiary/aromatic N) is 2. The summed E-state index contributed by atoms with van der Waals surface area (Å²) in [6.07, 6.45) is 2.99. The number of ether oxygens (including phenoxy) is 1. The third-order valence-corrected chi connectivity index (χ3v) is 6.15. The van der Waals surface area contributed by atoms with Crippen molar-refractivity contribution < 1.29 is 13.2 Å². The van der Waals surface area contributed by atoms with Crippen LogP contribution in [-0.4, -0.2) is 36.9 Å². The first-order valence-corrected chi connectivity index (χ1v) is 9.62. The Hall–Kier alpha value is -1.63. The Kier molecular flexibility index (Phi) is 5.08. The van der Waals surface area contributed by atoms with Crippen LogP contribution in [0.5, 0.6) is 5.75 Å². The minimum atomic E-state index is -3.51. The Morgan fingerprint density at radius 1 is 1.21 bits per heavy atom. The van der Waals surface area contributed by atoms with Gasteiger partial charge in [0.05, 0.1) is 11.1 Å². The van der Waals surface area contributed by atoms with Crippen LogP contribution in [0, 0.1) is 6.92 Å². The maximum atomic E-state index is 12.7. The molecule has 0 N–H and O–H groups in total. The number of sulfonamides is 1. The highest BCUT2D eigenvalue weighted by Gasteiger charge is 2.30. The molecule has 1 aromatic carbocycles. The second kappa shape index (κ2) is 7.09. The largest absolute Gasteiger partial charge is 0.489 e. The van der Waals surface area contributed by atoms with Gasteiger partial charge in [-0.15, -0.1) is 0 Å². The summed E-state index contributed by atoms with van der Waals surface area (Å²) in [5, 5.41) is 0.418. The van der Waals surface area contributed by atoms with Crippen molar-refractivity contribution in [3.63, 3.8) is 0 Å². The van der Waals surface area contributed by atoms with E-state index >= 15 is 0 Å². The first kappa shape index (κ1) is 17.2. The van der Waals surface area contributed by atoms with Gasteiger partial charge in [0.25, 0.3) is 0 Å². The van der Waals surface area contributed by atoms with E-state index in [9.17, 15) is 8.42 Å². The first-order chi connectivity index (χ1) is 11.4. The lowest BCUT2D eigenvalue weighted by atomic mass is 10.1. The SMILES string of the molecule is Cc1ccc(OC2CCN(S(=O)(=O)c3cccc(Cl)c3)CC2)cn1. The van der Waals surface area contributed by atoms with Crippen LogP contribution in [0.2, 0.25) is 5.02 Å². The van der Waals surface area contributed by atoms with Crippen molar-refractivity contribution in [2.45, 2.75) is 30.8 Å². The number of pyridine rings is 1. The van der Waals surface area contributed by atoms with Crippen LogP contribution < -0.4 is 4.74 Å². The molecule has 1 saturated heterocycles. The van der Waals surface area contributed by atoms with Gasteiger partial charge in [-0.25, -0.2) is 8.42 Å². The number of aromatic nitrogens is 1. The molecule has 128 valence electrons. The zero-order valence-corrected chi connectivity index (χ0v) is 14.9.